The lowest BCUT2D eigenvalue weighted by Gasteiger charge is -2.11. The van der Waals surface area contributed by atoms with Gasteiger partial charge in [-0.2, -0.15) is 0 Å². The van der Waals surface area contributed by atoms with Crippen molar-refractivity contribution in [3.05, 3.63) is 27.7 Å². The SMILES string of the molecule is COc1c(Cl)ccc(Cl)c1C(=O)O/N=C/C(C)(C)C. The molecule has 0 spiro atoms. The monoisotopic (exact) mass is 303 g/mol. The maximum absolute atomic E-state index is 11.9. The summed E-state index contributed by atoms with van der Waals surface area (Å²) in [6.07, 6.45) is 1.52. The number of carbonyl (C=O) groups excluding carboxylic acids is 1. The largest absolute Gasteiger partial charge is 0.494 e. The molecule has 0 aliphatic rings. The fourth-order valence-corrected chi connectivity index (χ4v) is 1.66. The van der Waals surface area contributed by atoms with E-state index in [1.54, 1.807) is 0 Å². The van der Waals surface area contributed by atoms with Crippen LogP contribution in [0.4, 0.5) is 0 Å². The Labute approximate surface area is 122 Å². The topological polar surface area (TPSA) is 47.9 Å². The van der Waals surface area contributed by atoms with E-state index in [-0.39, 0.29) is 26.8 Å². The molecule has 0 aliphatic carbocycles. The van der Waals surface area contributed by atoms with Crippen LogP contribution < -0.4 is 4.74 Å². The van der Waals surface area contributed by atoms with Crippen LogP contribution in [0.25, 0.3) is 0 Å². The zero-order valence-electron chi connectivity index (χ0n) is 11.2. The highest BCUT2D eigenvalue weighted by Gasteiger charge is 2.21. The molecule has 0 saturated carbocycles. The first-order valence-corrected chi connectivity index (χ1v) is 6.29. The van der Waals surface area contributed by atoms with Gasteiger partial charge in [-0.15, -0.1) is 0 Å². The normalized spacial score (nSPS) is 11.7. The van der Waals surface area contributed by atoms with Crippen LogP contribution >= 0.6 is 23.2 Å². The summed E-state index contributed by atoms with van der Waals surface area (Å²) >= 11 is 11.9. The van der Waals surface area contributed by atoms with E-state index in [0.717, 1.165) is 0 Å². The second-order valence-corrected chi connectivity index (χ2v) is 5.73. The predicted octanol–water partition coefficient (Wildman–Crippen LogP) is 4.19. The Hall–Kier alpha value is -1.26. The van der Waals surface area contributed by atoms with Crippen LogP contribution in [-0.4, -0.2) is 19.3 Å². The standard InChI is InChI=1S/C13H15Cl2NO3/c1-13(2,3)7-16-19-12(17)10-8(14)5-6-9(15)11(10)18-4/h5-7H,1-4H3/b16-7+. The van der Waals surface area contributed by atoms with E-state index in [1.165, 1.54) is 25.5 Å². The number of halogens is 2. The van der Waals surface area contributed by atoms with Crippen LogP contribution in [0.2, 0.25) is 10.0 Å². The van der Waals surface area contributed by atoms with Gasteiger partial charge >= 0.3 is 5.97 Å². The molecule has 0 unspecified atom stereocenters. The summed E-state index contributed by atoms with van der Waals surface area (Å²) in [7, 11) is 1.40. The first-order valence-electron chi connectivity index (χ1n) is 5.54. The van der Waals surface area contributed by atoms with Crippen LogP contribution in [0.15, 0.2) is 17.3 Å². The van der Waals surface area contributed by atoms with E-state index in [0.29, 0.717) is 0 Å². The molecular weight excluding hydrogens is 289 g/mol. The molecule has 1 aromatic carbocycles. The maximum Gasteiger partial charge on any atom is 0.371 e. The van der Waals surface area contributed by atoms with Crippen molar-refractivity contribution in [3.63, 3.8) is 0 Å². The van der Waals surface area contributed by atoms with Crippen molar-refractivity contribution in [2.75, 3.05) is 7.11 Å². The van der Waals surface area contributed by atoms with Crippen molar-refractivity contribution >= 4 is 35.4 Å². The van der Waals surface area contributed by atoms with Crippen molar-refractivity contribution in [1.29, 1.82) is 0 Å². The number of nitrogens with zero attached hydrogens (tertiary/aromatic N) is 1. The van der Waals surface area contributed by atoms with E-state index in [9.17, 15) is 4.79 Å². The molecule has 1 rings (SSSR count). The van der Waals surface area contributed by atoms with Crippen molar-refractivity contribution < 1.29 is 14.4 Å². The van der Waals surface area contributed by atoms with Gasteiger partial charge in [0.1, 0.15) is 5.56 Å². The van der Waals surface area contributed by atoms with Gasteiger partial charge in [-0.3, -0.25) is 0 Å². The van der Waals surface area contributed by atoms with Crippen molar-refractivity contribution in [3.8, 4) is 5.75 Å². The second kappa shape index (κ2) is 6.26. The molecule has 0 amide bonds. The average Bonchev–Trinajstić information content (AvgIpc) is 2.29. The predicted molar refractivity (Wildman–Crippen MR) is 76.4 cm³/mol. The highest BCUT2D eigenvalue weighted by atomic mass is 35.5. The number of oxime groups is 1. The summed E-state index contributed by atoms with van der Waals surface area (Å²) in [6.45, 7) is 5.78. The first-order chi connectivity index (χ1) is 8.76. The minimum absolute atomic E-state index is 0.0581. The van der Waals surface area contributed by atoms with Crippen LogP contribution in [0.1, 0.15) is 31.1 Å². The zero-order valence-corrected chi connectivity index (χ0v) is 12.7. The van der Waals surface area contributed by atoms with E-state index < -0.39 is 5.97 Å². The molecule has 0 bridgehead atoms. The quantitative estimate of drug-likeness (QED) is 0.478. The summed E-state index contributed by atoms with van der Waals surface area (Å²) in [5.41, 5.74) is -0.134. The van der Waals surface area contributed by atoms with Crippen molar-refractivity contribution in [2.24, 2.45) is 10.6 Å². The molecule has 4 nitrogen and oxygen atoms in total. The van der Waals surface area contributed by atoms with Gasteiger partial charge in [-0.1, -0.05) is 49.1 Å². The molecule has 1 aromatic rings. The van der Waals surface area contributed by atoms with Gasteiger partial charge in [0.2, 0.25) is 0 Å². The molecule has 0 radical (unpaired) electrons. The van der Waals surface area contributed by atoms with Crippen LogP contribution in [0.3, 0.4) is 0 Å². The van der Waals surface area contributed by atoms with Gasteiger partial charge in [0.15, 0.2) is 5.75 Å². The number of benzene rings is 1. The van der Waals surface area contributed by atoms with Gasteiger partial charge in [0.25, 0.3) is 0 Å². The first kappa shape index (κ1) is 15.8. The van der Waals surface area contributed by atoms with Crippen LogP contribution in [0.5, 0.6) is 5.75 Å². The fourth-order valence-electron chi connectivity index (χ4n) is 1.20. The van der Waals surface area contributed by atoms with Gasteiger partial charge in [-0.05, 0) is 12.1 Å². The number of methoxy groups -OCH3 is 1. The third kappa shape index (κ3) is 4.40. The minimum Gasteiger partial charge on any atom is -0.494 e. The molecule has 0 atom stereocenters. The highest BCUT2D eigenvalue weighted by molar-refractivity contribution is 6.37. The number of rotatable bonds is 3. The molecule has 0 aliphatic heterocycles. The molecule has 0 fully saturated rings. The molecule has 6 heteroatoms. The molecule has 0 aromatic heterocycles. The smallest absolute Gasteiger partial charge is 0.371 e. The van der Waals surface area contributed by atoms with E-state index in [2.05, 4.69) is 5.16 Å². The summed E-state index contributed by atoms with van der Waals surface area (Å²) < 4.78 is 5.06. The second-order valence-electron chi connectivity index (χ2n) is 4.92. The Bertz CT molecular complexity index is 507. The zero-order chi connectivity index (χ0) is 14.6. The average molecular weight is 304 g/mol. The lowest BCUT2D eigenvalue weighted by Crippen LogP contribution is -2.09. The molecular formula is C13H15Cl2NO3. The van der Waals surface area contributed by atoms with Gasteiger partial charge in [0.05, 0.1) is 17.2 Å². The minimum atomic E-state index is -0.718. The third-order valence-corrected chi connectivity index (χ3v) is 2.66. The Morgan fingerprint density at radius 3 is 2.37 bits per heavy atom. The molecule has 0 N–H and O–H groups in total. The third-order valence-electron chi connectivity index (χ3n) is 2.04. The number of hydrogen-bond donors (Lipinski definition) is 0. The van der Waals surface area contributed by atoms with Gasteiger partial charge in [-0.25, -0.2) is 4.79 Å². The van der Waals surface area contributed by atoms with Crippen LogP contribution in [0, 0.1) is 5.41 Å². The summed E-state index contributed by atoms with van der Waals surface area (Å²) in [4.78, 5) is 16.7. The number of carbonyl (C=O) groups is 1. The Balaban J connectivity index is 3.00. The Morgan fingerprint density at radius 1 is 1.26 bits per heavy atom. The molecule has 0 saturated heterocycles. The molecule has 0 heterocycles. The van der Waals surface area contributed by atoms with Crippen molar-refractivity contribution in [2.45, 2.75) is 20.8 Å². The van der Waals surface area contributed by atoms with E-state index >= 15 is 0 Å². The van der Waals surface area contributed by atoms with Gasteiger partial charge < -0.3 is 9.57 Å². The fraction of sp³-hybridized carbons (Fsp3) is 0.385. The Kier molecular flexibility index (Phi) is 5.20. The highest BCUT2D eigenvalue weighted by Crippen LogP contribution is 2.34. The molecule has 104 valence electrons. The maximum atomic E-state index is 11.9. The van der Waals surface area contributed by atoms with E-state index in [4.69, 9.17) is 32.8 Å². The molecule has 19 heavy (non-hydrogen) atoms. The summed E-state index contributed by atoms with van der Waals surface area (Å²) in [6, 6.07) is 3.04. The lowest BCUT2D eigenvalue weighted by molar-refractivity contribution is 0.0512. The number of hydrogen-bond acceptors (Lipinski definition) is 4. The number of ether oxygens (including phenoxy) is 1. The summed E-state index contributed by atoms with van der Waals surface area (Å²) in [5.74, 6) is -0.546. The van der Waals surface area contributed by atoms with Crippen molar-refractivity contribution in [1.82, 2.24) is 0 Å². The summed E-state index contributed by atoms with van der Waals surface area (Å²) in [5, 5.41) is 4.10. The van der Waals surface area contributed by atoms with E-state index in [1.807, 2.05) is 20.8 Å². The Morgan fingerprint density at radius 2 is 1.84 bits per heavy atom. The van der Waals surface area contributed by atoms with Gasteiger partial charge in [0, 0.05) is 11.6 Å². The van der Waals surface area contributed by atoms with Crippen LogP contribution in [-0.2, 0) is 4.84 Å². The lowest BCUT2D eigenvalue weighted by atomic mass is 10.00.